The molecule has 1 aliphatic rings. The van der Waals surface area contributed by atoms with Gasteiger partial charge < -0.3 is 19.9 Å². The highest BCUT2D eigenvalue weighted by atomic mass is 16.5. The van der Waals surface area contributed by atoms with E-state index in [9.17, 15) is 0 Å². The molecule has 0 unspecified atom stereocenters. The first-order valence-electron chi connectivity index (χ1n) is 8.02. The lowest BCUT2D eigenvalue weighted by molar-refractivity contribution is 0.0639. The van der Waals surface area contributed by atoms with Crippen LogP contribution in [0, 0.1) is 0 Å². The van der Waals surface area contributed by atoms with Crippen LogP contribution in [0.2, 0.25) is 0 Å². The van der Waals surface area contributed by atoms with E-state index in [4.69, 9.17) is 4.74 Å². The van der Waals surface area contributed by atoms with E-state index >= 15 is 0 Å². The maximum absolute atomic E-state index is 5.61. The minimum Gasteiger partial charge on any atom is -0.378 e. The number of hydrogen-bond donors (Lipinski definition) is 2. The highest BCUT2D eigenvalue weighted by Crippen LogP contribution is 2.22. The summed E-state index contributed by atoms with van der Waals surface area (Å²) < 4.78 is 5.61. The van der Waals surface area contributed by atoms with E-state index in [0.717, 1.165) is 31.2 Å². The van der Waals surface area contributed by atoms with Gasteiger partial charge in [-0.2, -0.15) is 10.1 Å². The molecule has 2 N–H and O–H groups in total. The third kappa shape index (κ3) is 3.80. The summed E-state index contributed by atoms with van der Waals surface area (Å²) in [5.74, 6) is 2.38. The van der Waals surface area contributed by atoms with Crippen molar-refractivity contribution in [1.29, 1.82) is 0 Å². The molecule has 0 spiro atoms. The quantitative estimate of drug-likeness (QED) is 0.732. The second-order valence-electron chi connectivity index (χ2n) is 6.06. The lowest BCUT2D eigenvalue weighted by Gasteiger charge is -2.23. The molecule has 0 aromatic carbocycles. The van der Waals surface area contributed by atoms with Gasteiger partial charge in [-0.15, -0.1) is 0 Å². The molecular weight excluding hydrogens is 308 g/mol. The predicted molar refractivity (Wildman–Crippen MR) is 91.1 cm³/mol. The monoisotopic (exact) mass is 332 g/mol. The van der Waals surface area contributed by atoms with Gasteiger partial charge in [-0.1, -0.05) is 0 Å². The first-order chi connectivity index (χ1) is 11.7. The molecule has 3 rings (SSSR count). The number of hydrogen-bond acceptors (Lipinski definition) is 8. The lowest BCUT2D eigenvalue weighted by Crippen LogP contribution is -2.39. The summed E-state index contributed by atoms with van der Waals surface area (Å²) in [6.45, 7) is 2.41. The van der Waals surface area contributed by atoms with Crippen LogP contribution in [0.4, 0.5) is 11.8 Å². The zero-order valence-corrected chi connectivity index (χ0v) is 14.3. The van der Waals surface area contributed by atoms with E-state index in [-0.39, 0.29) is 6.10 Å². The van der Waals surface area contributed by atoms with Crippen molar-refractivity contribution >= 4 is 11.8 Å². The zero-order chi connectivity index (χ0) is 16.9. The maximum Gasteiger partial charge on any atom is 0.224 e. The number of likely N-dealkylation sites (N-methyl/N-ethyl adjacent to an activating group) is 1. The average molecular weight is 332 g/mol. The van der Waals surface area contributed by atoms with Crippen molar-refractivity contribution in [2.75, 3.05) is 51.1 Å². The van der Waals surface area contributed by atoms with Gasteiger partial charge in [-0.3, -0.25) is 5.10 Å². The second-order valence-corrected chi connectivity index (χ2v) is 6.06. The molecule has 9 heteroatoms. The van der Waals surface area contributed by atoms with Gasteiger partial charge in [0.15, 0.2) is 0 Å². The SMILES string of the molecule is CO[C@@H]1CN(c2ccnc(NCCc3ncn[nH]3)n2)C[C@@H]1N(C)C. The van der Waals surface area contributed by atoms with Gasteiger partial charge in [-0.25, -0.2) is 9.97 Å². The molecule has 1 fully saturated rings. The van der Waals surface area contributed by atoms with Crippen LogP contribution in [0.15, 0.2) is 18.6 Å². The number of anilines is 2. The summed E-state index contributed by atoms with van der Waals surface area (Å²) in [4.78, 5) is 17.4. The first-order valence-corrected chi connectivity index (χ1v) is 8.02. The fourth-order valence-electron chi connectivity index (χ4n) is 2.93. The number of rotatable bonds is 7. The van der Waals surface area contributed by atoms with Crippen molar-refractivity contribution in [2.45, 2.75) is 18.6 Å². The standard InChI is InChI=1S/C15H24N8O/c1-22(2)11-8-23(9-12(11)24-3)14-5-7-17-15(20-14)16-6-4-13-18-10-19-21-13/h5,7,10-12H,4,6,8-9H2,1-3H3,(H,16,17,20)(H,18,19,21)/t11-,12+/m0/s1. The van der Waals surface area contributed by atoms with Crippen LogP contribution in [0.1, 0.15) is 5.82 Å². The van der Waals surface area contributed by atoms with Gasteiger partial charge in [-0.05, 0) is 20.2 Å². The Labute approximate surface area is 141 Å². The van der Waals surface area contributed by atoms with Gasteiger partial charge in [0.1, 0.15) is 18.0 Å². The lowest BCUT2D eigenvalue weighted by atomic mass is 10.2. The fourth-order valence-corrected chi connectivity index (χ4v) is 2.93. The van der Waals surface area contributed by atoms with E-state index in [1.165, 1.54) is 6.33 Å². The third-order valence-corrected chi connectivity index (χ3v) is 4.28. The first kappa shape index (κ1) is 16.6. The Balaban J connectivity index is 1.60. The van der Waals surface area contributed by atoms with Crippen LogP contribution in [0.5, 0.6) is 0 Å². The zero-order valence-electron chi connectivity index (χ0n) is 14.3. The van der Waals surface area contributed by atoms with Crippen molar-refractivity contribution in [3.63, 3.8) is 0 Å². The molecule has 2 atom stereocenters. The van der Waals surface area contributed by atoms with E-state index in [1.54, 1.807) is 13.3 Å². The van der Waals surface area contributed by atoms with E-state index in [0.29, 0.717) is 18.5 Å². The normalized spacial score (nSPS) is 20.8. The summed E-state index contributed by atoms with van der Waals surface area (Å²) >= 11 is 0. The predicted octanol–water partition coefficient (Wildman–Crippen LogP) is 0.0145. The summed E-state index contributed by atoms with van der Waals surface area (Å²) in [6, 6.07) is 2.29. The maximum atomic E-state index is 5.61. The molecule has 24 heavy (non-hydrogen) atoms. The summed E-state index contributed by atoms with van der Waals surface area (Å²) in [7, 11) is 5.93. The molecule has 130 valence electrons. The largest absolute Gasteiger partial charge is 0.378 e. The van der Waals surface area contributed by atoms with Crippen LogP contribution in [-0.2, 0) is 11.2 Å². The molecule has 0 aliphatic carbocycles. The van der Waals surface area contributed by atoms with Crippen molar-refractivity contribution < 1.29 is 4.74 Å². The Hall–Kier alpha value is -2.26. The molecule has 0 radical (unpaired) electrons. The molecule has 9 nitrogen and oxygen atoms in total. The smallest absolute Gasteiger partial charge is 0.224 e. The van der Waals surface area contributed by atoms with Gasteiger partial charge in [0, 0.05) is 39.4 Å². The number of H-pyrrole nitrogens is 1. The summed E-state index contributed by atoms with van der Waals surface area (Å²) in [5, 5.41) is 9.90. The number of aromatic nitrogens is 5. The molecule has 3 heterocycles. The summed E-state index contributed by atoms with van der Waals surface area (Å²) in [6.07, 6.45) is 4.21. The van der Waals surface area contributed by atoms with Crippen LogP contribution < -0.4 is 10.2 Å². The van der Waals surface area contributed by atoms with Crippen molar-refractivity contribution in [3.05, 3.63) is 24.4 Å². The Bertz CT molecular complexity index is 632. The van der Waals surface area contributed by atoms with E-state index < -0.39 is 0 Å². The molecular formula is C15H24N8O. The minimum atomic E-state index is 0.179. The topological polar surface area (TPSA) is 95.1 Å². The molecule has 1 saturated heterocycles. The molecule has 0 amide bonds. The van der Waals surface area contributed by atoms with E-state index in [1.807, 2.05) is 6.07 Å². The Morgan fingerprint density at radius 3 is 2.92 bits per heavy atom. The molecule has 0 bridgehead atoms. The Morgan fingerprint density at radius 2 is 2.25 bits per heavy atom. The van der Waals surface area contributed by atoms with Crippen LogP contribution in [0.25, 0.3) is 0 Å². The second kappa shape index (κ2) is 7.54. The van der Waals surface area contributed by atoms with E-state index in [2.05, 4.69) is 54.4 Å². The molecule has 2 aromatic heterocycles. The summed E-state index contributed by atoms with van der Waals surface area (Å²) in [5.41, 5.74) is 0. The van der Waals surface area contributed by atoms with Crippen LogP contribution in [0.3, 0.4) is 0 Å². The van der Waals surface area contributed by atoms with Crippen molar-refractivity contribution in [2.24, 2.45) is 0 Å². The minimum absolute atomic E-state index is 0.179. The number of ether oxygens (including phenoxy) is 1. The Kier molecular flexibility index (Phi) is 5.21. The highest BCUT2D eigenvalue weighted by Gasteiger charge is 2.34. The Morgan fingerprint density at radius 1 is 1.38 bits per heavy atom. The average Bonchev–Trinajstić information content (AvgIpc) is 3.24. The molecule has 1 aliphatic heterocycles. The van der Waals surface area contributed by atoms with Crippen LogP contribution in [-0.4, -0.2) is 83.0 Å². The van der Waals surface area contributed by atoms with Crippen molar-refractivity contribution in [3.8, 4) is 0 Å². The number of methoxy groups -OCH3 is 1. The number of nitrogens with zero attached hydrogens (tertiary/aromatic N) is 6. The van der Waals surface area contributed by atoms with Gasteiger partial charge in [0.05, 0.1) is 12.1 Å². The van der Waals surface area contributed by atoms with Crippen molar-refractivity contribution in [1.82, 2.24) is 30.0 Å². The molecule has 0 saturated carbocycles. The van der Waals surface area contributed by atoms with Crippen LogP contribution >= 0.6 is 0 Å². The van der Waals surface area contributed by atoms with Gasteiger partial charge >= 0.3 is 0 Å². The van der Waals surface area contributed by atoms with Gasteiger partial charge in [0.2, 0.25) is 5.95 Å². The number of aromatic amines is 1. The number of nitrogens with one attached hydrogen (secondary N) is 2. The van der Waals surface area contributed by atoms with Gasteiger partial charge in [0.25, 0.3) is 0 Å². The fraction of sp³-hybridized carbons (Fsp3) is 0.600. The molecule has 2 aromatic rings. The third-order valence-electron chi connectivity index (χ3n) is 4.28. The highest BCUT2D eigenvalue weighted by molar-refractivity contribution is 5.44.